The summed E-state index contributed by atoms with van der Waals surface area (Å²) < 4.78 is 26.6. The zero-order valence-electron chi connectivity index (χ0n) is 17.7. The van der Waals surface area contributed by atoms with Crippen molar-refractivity contribution >= 4 is 21.8 Å². The third-order valence-corrected chi connectivity index (χ3v) is 6.93. The number of carbonyl (C=O) groups excluding carboxylic acids is 2. The zero-order chi connectivity index (χ0) is 22.9. The van der Waals surface area contributed by atoms with Crippen LogP contribution in [-0.2, 0) is 14.8 Å². The number of hydrogen-bond acceptors (Lipinski definition) is 5. The Morgan fingerprint density at radius 2 is 1.68 bits per heavy atom. The summed E-state index contributed by atoms with van der Waals surface area (Å²) in [6, 6.07) is 15.1. The van der Waals surface area contributed by atoms with E-state index in [1.54, 1.807) is 13.8 Å². The van der Waals surface area contributed by atoms with Gasteiger partial charge >= 0.3 is 0 Å². The van der Waals surface area contributed by atoms with Gasteiger partial charge in [0, 0.05) is 31.1 Å². The molecule has 0 bridgehead atoms. The van der Waals surface area contributed by atoms with E-state index in [0.717, 1.165) is 5.56 Å². The molecule has 0 spiro atoms. The molecule has 2 rings (SSSR count). The van der Waals surface area contributed by atoms with E-state index in [0.29, 0.717) is 13.1 Å². The minimum Gasteiger partial charge on any atom is -0.396 e. The minimum atomic E-state index is -3.69. The normalized spacial score (nSPS) is 12.4. The lowest BCUT2D eigenvalue weighted by Gasteiger charge is -2.18. The summed E-state index contributed by atoms with van der Waals surface area (Å²) in [7, 11) is -3.69. The van der Waals surface area contributed by atoms with E-state index in [9.17, 15) is 23.1 Å². The lowest BCUT2D eigenvalue weighted by molar-refractivity contribution is -0.120. The summed E-state index contributed by atoms with van der Waals surface area (Å²) in [5.41, 5.74) is 1.05. The van der Waals surface area contributed by atoms with Crippen molar-refractivity contribution in [2.45, 2.75) is 24.7 Å². The summed E-state index contributed by atoms with van der Waals surface area (Å²) in [6.45, 7) is 3.99. The smallest absolute Gasteiger partial charge is 0.251 e. The van der Waals surface area contributed by atoms with Crippen LogP contribution in [0.15, 0.2) is 59.5 Å². The van der Waals surface area contributed by atoms with Crippen LogP contribution in [0.4, 0.5) is 0 Å². The molecule has 3 N–H and O–H groups in total. The topological polar surface area (TPSA) is 116 Å². The van der Waals surface area contributed by atoms with E-state index in [1.165, 1.54) is 28.6 Å². The van der Waals surface area contributed by atoms with Gasteiger partial charge in [-0.25, -0.2) is 8.42 Å². The van der Waals surface area contributed by atoms with E-state index in [4.69, 9.17) is 0 Å². The summed E-state index contributed by atoms with van der Waals surface area (Å²) in [5, 5.41) is 14.7. The highest BCUT2D eigenvalue weighted by Crippen LogP contribution is 2.17. The van der Waals surface area contributed by atoms with Crippen LogP contribution in [0.1, 0.15) is 35.7 Å². The molecule has 8 nitrogen and oxygen atoms in total. The Balaban J connectivity index is 1.94. The molecule has 2 amide bonds. The Kier molecular flexibility index (Phi) is 9.17. The van der Waals surface area contributed by atoms with Crippen molar-refractivity contribution in [3.8, 4) is 0 Å². The first kappa shape index (κ1) is 24.5. The van der Waals surface area contributed by atoms with Gasteiger partial charge in [0.15, 0.2) is 0 Å². The van der Waals surface area contributed by atoms with Crippen molar-refractivity contribution in [2.75, 3.05) is 32.8 Å². The standard InChI is InChI=1S/C22H29N3O5S/c1-3-25(4-2)31(29,30)20-12-8-11-18(13-20)22(28)24-15-21(27)23-14-19(16-26)17-9-6-5-7-10-17/h5-13,19,26H,3-4,14-16H2,1-2H3,(H,23,27)(H,24,28)/t19-/m1/s1. The second-order valence-electron chi connectivity index (χ2n) is 6.89. The van der Waals surface area contributed by atoms with E-state index < -0.39 is 21.8 Å². The van der Waals surface area contributed by atoms with Crippen LogP contribution < -0.4 is 10.6 Å². The molecule has 0 fully saturated rings. The highest BCUT2D eigenvalue weighted by atomic mass is 32.2. The molecule has 0 aromatic heterocycles. The Hall–Kier alpha value is -2.75. The van der Waals surface area contributed by atoms with Gasteiger partial charge in [-0.3, -0.25) is 9.59 Å². The molecule has 1 atom stereocenters. The Bertz CT molecular complexity index is 976. The summed E-state index contributed by atoms with van der Waals surface area (Å²) >= 11 is 0. The molecule has 0 radical (unpaired) electrons. The average molecular weight is 448 g/mol. The monoisotopic (exact) mass is 447 g/mol. The Morgan fingerprint density at radius 3 is 2.29 bits per heavy atom. The number of nitrogens with zero attached hydrogens (tertiary/aromatic N) is 1. The molecule has 0 unspecified atom stereocenters. The number of hydrogen-bond donors (Lipinski definition) is 3. The van der Waals surface area contributed by atoms with Crippen LogP contribution in [0.5, 0.6) is 0 Å². The van der Waals surface area contributed by atoms with Crippen molar-refractivity contribution < 1.29 is 23.1 Å². The van der Waals surface area contributed by atoms with Crippen LogP contribution in [0, 0.1) is 0 Å². The quantitative estimate of drug-likeness (QED) is 0.481. The number of benzene rings is 2. The van der Waals surface area contributed by atoms with Crippen molar-refractivity contribution in [1.82, 2.24) is 14.9 Å². The molecule has 31 heavy (non-hydrogen) atoms. The van der Waals surface area contributed by atoms with Crippen LogP contribution in [0.2, 0.25) is 0 Å². The zero-order valence-corrected chi connectivity index (χ0v) is 18.6. The van der Waals surface area contributed by atoms with E-state index in [2.05, 4.69) is 10.6 Å². The van der Waals surface area contributed by atoms with Crippen LogP contribution in [0.3, 0.4) is 0 Å². The maximum absolute atomic E-state index is 12.6. The Morgan fingerprint density at radius 1 is 1.00 bits per heavy atom. The number of nitrogens with one attached hydrogen (secondary N) is 2. The minimum absolute atomic E-state index is 0.0296. The fraction of sp³-hybridized carbons (Fsp3) is 0.364. The SMILES string of the molecule is CCN(CC)S(=O)(=O)c1cccc(C(=O)NCC(=O)NC[C@H](CO)c2ccccc2)c1. The first-order valence-corrected chi connectivity index (χ1v) is 11.6. The molecule has 0 saturated carbocycles. The van der Waals surface area contributed by atoms with Crippen LogP contribution in [0.25, 0.3) is 0 Å². The van der Waals surface area contributed by atoms with E-state index in [1.807, 2.05) is 30.3 Å². The van der Waals surface area contributed by atoms with Gasteiger partial charge in [0.05, 0.1) is 18.0 Å². The number of carbonyl (C=O) groups is 2. The van der Waals surface area contributed by atoms with Gasteiger partial charge in [0.1, 0.15) is 0 Å². The number of amides is 2. The van der Waals surface area contributed by atoms with Crippen molar-refractivity contribution in [2.24, 2.45) is 0 Å². The lowest BCUT2D eigenvalue weighted by atomic mass is 10.0. The van der Waals surface area contributed by atoms with Crippen molar-refractivity contribution in [3.05, 3.63) is 65.7 Å². The largest absolute Gasteiger partial charge is 0.396 e. The molecular formula is C22H29N3O5S. The van der Waals surface area contributed by atoms with E-state index in [-0.39, 0.29) is 36.1 Å². The molecule has 9 heteroatoms. The third-order valence-electron chi connectivity index (χ3n) is 4.89. The molecule has 0 heterocycles. The first-order chi connectivity index (χ1) is 14.8. The van der Waals surface area contributed by atoms with Gasteiger partial charge < -0.3 is 15.7 Å². The molecule has 0 aliphatic carbocycles. The fourth-order valence-corrected chi connectivity index (χ4v) is 4.59. The third kappa shape index (κ3) is 6.61. The highest BCUT2D eigenvalue weighted by molar-refractivity contribution is 7.89. The second kappa shape index (κ2) is 11.6. The predicted octanol–water partition coefficient (Wildman–Crippen LogP) is 1.34. The maximum atomic E-state index is 12.6. The second-order valence-corrected chi connectivity index (χ2v) is 8.83. The molecule has 0 saturated heterocycles. The average Bonchev–Trinajstić information content (AvgIpc) is 2.79. The lowest BCUT2D eigenvalue weighted by Crippen LogP contribution is -2.39. The van der Waals surface area contributed by atoms with Gasteiger partial charge in [0.2, 0.25) is 15.9 Å². The van der Waals surface area contributed by atoms with Gasteiger partial charge in [0.25, 0.3) is 5.91 Å². The van der Waals surface area contributed by atoms with Gasteiger partial charge in [-0.15, -0.1) is 0 Å². The molecule has 0 aliphatic heterocycles. The van der Waals surface area contributed by atoms with Crippen LogP contribution >= 0.6 is 0 Å². The first-order valence-electron chi connectivity index (χ1n) is 10.1. The fourth-order valence-electron chi connectivity index (χ4n) is 3.09. The molecule has 2 aromatic carbocycles. The summed E-state index contributed by atoms with van der Waals surface area (Å²) in [4.78, 5) is 24.6. The van der Waals surface area contributed by atoms with Crippen molar-refractivity contribution in [1.29, 1.82) is 0 Å². The number of aliphatic hydroxyl groups is 1. The molecule has 168 valence electrons. The van der Waals surface area contributed by atoms with E-state index >= 15 is 0 Å². The van der Waals surface area contributed by atoms with Gasteiger partial charge in [-0.1, -0.05) is 50.2 Å². The number of sulfonamides is 1. The maximum Gasteiger partial charge on any atom is 0.251 e. The number of rotatable bonds is 11. The summed E-state index contributed by atoms with van der Waals surface area (Å²) in [6.07, 6.45) is 0. The van der Waals surface area contributed by atoms with Gasteiger partial charge in [-0.2, -0.15) is 4.31 Å². The molecule has 2 aromatic rings. The predicted molar refractivity (Wildman–Crippen MR) is 118 cm³/mol. The molecule has 0 aliphatic rings. The summed E-state index contributed by atoms with van der Waals surface area (Å²) in [5.74, 6) is -1.20. The molecular weight excluding hydrogens is 418 g/mol. The van der Waals surface area contributed by atoms with Crippen molar-refractivity contribution in [3.63, 3.8) is 0 Å². The van der Waals surface area contributed by atoms with Crippen LogP contribution in [-0.4, -0.2) is 62.4 Å². The highest BCUT2D eigenvalue weighted by Gasteiger charge is 2.22. The number of aliphatic hydroxyl groups excluding tert-OH is 1. The van der Waals surface area contributed by atoms with Gasteiger partial charge in [-0.05, 0) is 23.8 Å². The Labute approximate surface area is 183 Å².